The number of esters is 1. The summed E-state index contributed by atoms with van der Waals surface area (Å²) < 4.78 is 22.0. The minimum absolute atomic E-state index is 0.0107. The molecule has 2 heterocycles. The molecule has 3 aliphatic rings. The molecule has 0 aromatic heterocycles. The number of ether oxygens (including phenoxy) is 4. The van der Waals surface area contributed by atoms with Crippen molar-refractivity contribution in [1.82, 2.24) is 0 Å². The first-order valence-electron chi connectivity index (χ1n) is 11.6. The van der Waals surface area contributed by atoms with Gasteiger partial charge in [0.1, 0.15) is 36.8 Å². The number of carboxylic acid groups (broad SMARTS) is 1. The number of aliphatic hydroxyl groups is 4. The van der Waals surface area contributed by atoms with Crippen molar-refractivity contribution in [1.29, 1.82) is 0 Å². The fourth-order valence-corrected chi connectivity index (χ4v) is 4.56. The molecule has 200 valence electrons. The number of aliphatic hydroxyl groups excluding tert-OH is 4. The number of rotatable bonds is 8. The van der Waals surface area contributed by atoms with Gasteiger partial charge in [-0.3, -0.25) is 0 Å². The molecule has 1 aliphatic carbocycles. The molecule has 12 heteroatoms. The molecule has 8 atom stereocenters. The zero-order chi connectivity index (χ0) is 26.7. The van der Waals surface area contributed by atoms with Gasteiger partial charge in [-0.15, -0.1) is 0 Å². The van der Waals surface area contributed by atoms with Gasteiger partial charge >= 0.3 is 11.9 Å². The average Bonchev–Trinajstić information content (AvgIpc) is 3.31. The van der Waals surface area contributed by atoms with Crippen molar-refractivity contribution < 1.29 is 59.2 Å². The first kappa shape index (κ1) is 26.8. The predicted octanol–water partition coefficient (Wildman–Crippen LogP) is -0.348. The van der Waals surface area contributed by atoms with Gasteiger partial charge in [0.05, 0.1) is 24.4 Å². The lowest BCUT2D eigenvalue weighted by Gasteiger charge is -2.42. The number of phenolic OH excluding ortho intramolecular Hbond substituents is 1. The van der Waals surface area contributed by atoms with Crippen LogP contribution in [0.3, 0.4) is 0 Å². The number of allylic oxidation sites excluding steroid dienone is 1. The molecule has 4 rings (SSSR count). The van der Waals surface area contributed by atoms with Crippen molar-refractivity contribution >= 4 is 18.0 Å². The van der Waals surface area contributed by atoms with Crippen molar-refractivity contribution in [2.75, 3.05) is 13.2 Å². The number of phenols is 1. The van der Waals surface area contributed by atoms with Gasteiger partial charge in [-0.1, -0.05) is 18.2 Å². The van der Waals surface area contributed by atoms with Gasteiger partial charge in [-0.25, -0.2) is 9.59 Å². The van der Waals surface area contributed by atoms with Crippen molar-refractivity contribution in [3.05, 3.63) is 59.4 Å². The summed E-state index contributed by atoms with van der Waals surface area (Å²) in [6.07, 6.45) is -3.02. The Balaban J connectivity index is 1.45. The Labute approximate surface area is 211 Å². The molecule has 1 aromatic rings. The van der Waals surface area contributed by atoms with Crippen LogP contribution < -0.4 is 0 Å². The van der Waals surface area contributed by atoms with E-state index in [1.165, 1.54) is 24.3 Å². The summed E-state index contributed by atoms with van der Waals surface area (Å²) in [7, 11) is 0. The molecule has 12 nitrogen and oxygen atoms in total. The predicted molar refractivity (Wildman–Crippen MR) is 123 cm³/mol. The number of aromatic hydroxyl groups is 1. The lowest BCUT2D eigenvalue weighted by molar-refractivity contribution is -0.339. The van der Waals surface area contributed by atoms with E-state index in [9.17, 15) is 40.2 Å². The summed E-state index contributed by atoms with van der Waals surface area (Å²) in [5, 5.41) is 58.7. The molecule has 2 aliphatic heterocycles. The highest BCUT2D eigenvalue weighted by molar-refractivity contribution is 5.88. The van der Waals surface area contributed by atoms with E-state index < -0.39 is 67.4 Å². The maximum atomic E-state index is 12.3. The molecule has 1 saturated heterocycles. The highest BCUT2D eigenvalue weighted by Crippen LogP contribution is 2.44. The van der Waals surface area contributed by atoms with Gasteiger partial charge in [-0.05, 0) is 35.8 Å². The first-order valence-corrected chi connectivity index (χ1v) is 11.6. The molecule has 1 fully saturated rings. The number of benzene rings is 1. The number of hydrogen-bond donors (Lipinski definition) is 6. The highest BCUT2D eigenvalue weighted by Gasteiger charge is 2.49. The second kappa shape index (κ2) is 11.4. The van der Waals surface area contributed by atoms with E-state index in [0.717, 1.165) is 6.26 Å². The topological polar surface area (TPSA) is 192 Å². The molecule has 0 saturated carbocycles. The third-order valence-electron chi connectivity index (χ3n) is 6.57. The standard InChI is InChI=1S/C25H28O12/c26-9-17-20(29)21(30)22(31)25(36-17)37-24-19-13(4-7-15(19)16(11-35-24)23(32)33)10-34-18(28)8-3-12-1-5-14(27)6-2-12/h1-6,8,11,15,17,19-22,24-27,29-31H,7,9-10H2,(H,32,33). The lowest BCUT2D eigenvalue weighted by atomic mass is 9.83. The van der Waals surface area contributed by atoms with Crippen LogP contribution in [-0.2, 0) is 28.5 Å². The van der Waals surface area contributed by atoms with E-state index in [0.29, 0.717) is 17.6 Å². The molecule has 0 amide bonds. The van der Waals surface area contributed by atoms with Gasteiger partial charge in [0, 0.05) is 12.0 Å². The lowest BCUT2D eigenvalue weighted by Crippen LogP contribution is -2.60. The Hall–Kier alpha value is -3.26. The minimum atomic E-state index is -1.68. The SMILES string of the molecule is O=C(C=Cc1ccc(O)cc1)OCC1=CCC2C(C(=O)O)=COC(OC3OC(CO)C(O)C(O)C3O)C12. The van der Waals surface area contributed by atoms with Gasteiger partial charge in [0.25, 0.3) is 0 Å². The zero-order valence-corrected chi connectivity index (χ0v) is 19.5. The fraction of sp³-hybridized carbons (Fsp3) is 0.440. The summed E-state index contributed by atoms with van der Waals surface area (Å²) in [5.74, 6) is -3.06. The van der Waals surface area contributed by atoms with E-state index in [1.54, 1.807) is 18.2 Å². The van der Waals surface area contributed by atoms with Crippen molar-refractivity contribution in [2.45, 2.75) is 43.4 Å². The third kappa shape index (κ3) is 5.85. The van der Waals surface area contributed by atoms with Crippen molar-refractivity contribution in [3.8, 4) is 5.75 Å². The average molecular weight is 520 g/mol. The Bertz CT molecular complexity index is 1080. The largest absolute Gasteiger partial charge is 0.508 e. The second-order valence-electron chi connectivity index (χ2n) is 8.90. The van der Waals surface area contributed by atoms with Crippen LogP contribution >= 0.6 is 0 Å². The smallest absolute Gasteiger partial charge is 0.335 e. The van der Waals surface area contributed by atoms with E-state index in [-0.39, 0.29) is 17.9 Å². The Kier molecular flexibility index (Phi) is 8.27. The van der Waals surface area contributed by atoms with Crippen LogP contribution in [0, 0.1) is 11.8 Å². The Morgan fingerprint density at radius 2 is 1.78 bits per heavy atom. The summed E-state index contributed by atoms with van der Waals surface area (Å²) in [6.45, 7) is -0.838. The number of carbonyl (C=O) groups is 2. The molecule has 0 bridgehead atoms. The maximum absolute atomic E-state index is 12.3. The summed E-state index contributed by atoms with van der Waals surface area (Å²) in [6, 6.07) is 6.17. The van der Waals surface area contributed by atoms with E-state index in [4.69, 9.17) is 18.9 Å². The molecule has 0 radical (unpaired) electrons. The van der Waals surface area contributed by atoms with Crippen molar-refractivity contribution in [2.24, 2.45) is 11.8 Å². The molecular weight excluding hydrogens is 492 g/mol. The molecule has 1 aromatic carbocycles. The number of carbonyl (C=O) groups excluding carboxylic acids is 1. The first-order chi connectivity index (χ1) is 17.7. The molecule has 6 N–H and O–H groups in total. The molecule has 0 spiro atoms. The number of fused-ring (bicyclic) bond motifs is 1. The van der Waals surface area contributed by atoms with Crippen LogP contribution in [0.2, 0.25) is 0 Å². The van der Waals surface area contributed by atoms with Crippen LogP contribution in [0.25, 0.3) is 6.08 Å². The van der Waals surface area contributed by atoms with E-state index in [2.05, 4.69) is 0 Å². The van der Waals surface area contributed by atoms with E-state index >= 15 is 0 Å². The van der Waals surface area contributed by atoms with Crippen LogP contribution in [0.4, 0.5) is 0 Å². The Morgan fingerprint density at radius 3 is 2.46 bits per heavy atom. The minimum Gasteiger partial charge on any atom is -0.508 e. The fourth-order valence-electron chi connectivity index (χ4n) is 4.56. The van der Waals surface area contributed by atoms with Crippen LogP contribution in [0.5, 0.6) is 5.75 Å². The van der Waals surface area contributed by atoms with Crippen LogP contribution in [-0.4, -0.2) is 92.8 Å². The van der Waals surface area contributed by atoms with Gasteiger partial charge in [0.2, 0.25) is 6.29 Å². The van der Waals surface area contributed by atoms with Gasteiger partial charge in [0.15, 0.2) is 6.29 Å². The van der Waals surface area contributed by atoms with Crippen LogP contribution in [0.15, 0.2) is 53.8 Å². The molecular formula is C25H28O12. The van der Waals surface area contributed by atoms with E-state index in [1.807, 2.05) is 0 Å². The normalized spacial score (nSPS) is 33.3. The number of hydrogen-bond acceptors (Lipinski definition) is 11. The molecule has 8 unspecified atom stereocenters. The highest BCUT2D eigenvalue weighted by atomic mass is 16.8. The van der Waals surface area contributed by atoms with Crippen LogP contribution in [0.1, 0.15) is 12.0 Å². The number of carboxylic acids is 1. The summed E-state index contributed by atoms with van der Waals surface area (Å²) in [4.78, 5) is 24.0. The summed E-state index contributed by atoms with van der Waals surface area (Å²) >= 11 is 0. The number of aliphatic carboxylic acids is 1. The second-order valence-corrected chi connectivity index (χ2v) is 8.90. The zero-order valence-electron chi connectivity index (χ0n) is 19.5. The quantitative estimate of drug-likeness (QED) is 0.149. The van der Waals surface area contributed by atoms with Gasteiger partial charge < -0.3 is 49.6 Å². The Morgan fingerprint density at radius 1 is 1.05 bits per heavy atom. The third-order valence-corrected chi connectivity index (χ3v) is 6.57. The maximum Gasteiger partial charge on any atom is 0.335 e. The van der Waals surface area contributed by atoms with Gasteiger partial charge in [-0.2, -0.15) is 0 Å². The summed E-state index contributed by atoms with van der Waals surface area (Å²) in [5.41, 5.74) is 1.18. The monoisotopic (exact) mass is 520 g/mol. The molecule has 37 heavy (non-hydrogen) atoms. The van der Waals surface area contributed by atoms with Crippen molar-refractivity contribution in [3.63, 3.8) is 0 Å².